The highest BCUT2D eigenvalue weighted by molar-refractivity contribution is 5.99. The summed E-state index contributed by atoms with van der Waals surface area (Å²) in [5.41, 5.74) is 4.26. The van der Waals surface area contributed by atoms with Gasteiger partial charge >= 0.3 is 5.97 Å². The van der Waals surface area contributed by atoms with Crippen molar-refractivity contribution in [2.75, 3.05) is 20.3 Å². The average Bonchev–Trinajstić information content (AvgIpc) is 3.17. The summed E-state index contributed by atoms with van der Waals surface area (Å²) in [6, 6.07) is 10.7. The standard InChI is InChI=1S/C22H24O5/c1-3-26-13-19-12-18(9-10-21(19)25-2)22(24)27-14-20(23)17-8-7-15-5-4-6-16(15)11-17/h7-12H,3-6,13-14H2,1-2H3. The minimum absolute atomic E-state index is 0.193. The second kappa shape index (κ2) is 8.82. The van der Waals surface area contributed by atoms with Crippen molar-refractivity contribution in [2.45, 2.75) is 32.8 Å². The van der Waals surface area contributed by atoms with Gasteiger partial charge in [0.25, 0.3) is 0 Å². The van der Waals surface area contributed by atoms with Gasteiger partial charge in [0, 0.05) is 17.7 Å². The lowest BCUT2D eigenvalue weighted by atomic mass is 10.0. The van der Waals surface area contributed by atoms with Gasteiger partial charge in [-0.15, -0.1) is 0 Å². The lowest BCUT2D eigenvalue weighted by Crippen LogP contribution is -2.15. The molecule has 1 aliphatic carbocycles. The van der Waals surface area contributed by atoms with Gasteiger partial charge in [0.15, 0.2) is 12.4 Å². The fourth-order valence-electron chi connectivity index (χ4n) is 3.27. The molecule has 2 aromatic carbocycles. The predicted octanol–water partition coefficient (Wildman–Crippen LogP) is 3.76. The molecule has 0 fully saturated rings. The largest absolute Gasteiger partial charge is 0.496 e. The Kier molecular flexibility index (Phi) is 6.24. The van der Waals surface area contributed by atoms with Gasteiger partial charge in [0.1, 0.15) is 5.75 Å². The molecule has 0 spiro atoms. The molecular weight excluding hydrogens is 344 g/mol. The lowest BCUT2D eigenvalue weighted by molar-refractivity contribution is 0.0474. The van der Waals surface area contributed by atoms with Crippen LogP contribution in [0.2, 0.25) is 0 Å². The van der Waals surface area contributed by atoms with Gasteiger partial charge in [0.2, 0.25) is 0 Å². The summed E-state index contributed by atoms with van der Waals surface area (Å²) in [4.78, 5) is 24.7. The maximum Gasteiger partial charge on any atom is 0.338 e. The van der Waals surface area contributed by atoms with Gasteiger partial charge in [-0.25, -0.2) is 4.79 Å². The van der Waals surface area contributed by atoms with Crippen molar-refractivity contribution in [2.24, 2.45) is 0 Å². The summed E-state index contributed by atoms with van der Waals surface area (Å²) in [6.07, 6.45) is 3.20. The molecule has 0 heterocycles. The summed E-state index contributed by atoms with van der Waals surface area (Å²) in [6.45, 7) is 2.53. The molecular formula is C22H24O5. The number of ketones is 1. The van der Waals surface area contributed by atoms with Crippen LogP contribution < -0.4 is 4.74 Å². The molecule has 0 aliphatic heterocycles. The zero-order chi connectivity index (χ0) is 19.2. The van der Waals surface area contributed by atoms with E-state index in [0.29, 0.717) is 30.1 Å². The first-order valence-corrected chi connectivity index (χ1v) is 9.19. The van der Waals surface area contributed by atoms with E-state index in [0.717, 1.165) is 24.8 Å². The molecule has 0 aromatic heterocycles. The Morgan fingerprint density at radius 2 is 1.78 bits per heavy atom. The zero-order valence-electron chi connectivity index (χ0n) is 15.7. The summed E-state index contributed by atoms with van der Waals surface area (Å²) >= 11 is 0. The smallest absolute Gasteiger partial charge is 0.338 e. The number of benzene rings is 2. The third-order valence-electron chi connectivity index (χ3n) is 4.73. The first-order chi connectivity index (χ1) is 13.1. The highest BCUT2D eigenvalue weighted by Crippen LogP contribution is 2.23. The minimum atomic E-state index is -0.537. The van der Waals surface area contributed by atoms with Crippen LogP contribution in [-0.2, 0) is 28.9 Å². The average molecular weight is 368 g/mol. The Balaban J connectivity index is 1.64. The van der Waals surface area contributed by atoms with Gasteiger partial charge in [-0.2, -0.15) is 0 Å². The zero-order valence-corrected chi connectivity index (χ0v) is 15.7. The molecule has 0 radical (unpaired) electrons. The van der Waals surface area contributed by atoms with Crippen molar-refractivity contribution in [3.8, 4) is 5.75 Å². The predicted molar refractivity (Wildman–Crippen MR) is 101 cm³/mol. The van der Waals surface area contributed by atoms with E-state index in [4.69, 9.17) is 14.2 Å². The Bertz CT molecular complexity index is 841. The van der Waals surface area contributed by atoms with Crippen LogP contribution in [0.1, 0.15) is 50.8 Å². The Labute approximate surface area is 159 Å². The van der Waals surface area contributed by atoms with Crippen LogP contribution in [0.4, 0.5) is 0 Å². The highest BCUT2D eigenvalue weighted by Gasteiger charge is 2.17. The highest BCUT2D eigenvalue weighted by atomic mass is 16.5. The van der Waals surface area contributed by atoms with Crippen molar-refractivity contribution in [1.82, 2.24) is 0 Å². The number of aryl methyl sites for hydroxylation is 2. The van der Waals surface area contributed by atoms with Crippen molar-refractivity contribution in [3.63, 3.8) is 0 Å². The number of Topliss-reactive ketones (excluding diaryl/α,β-unsaturated/α-hetero) is 1. The Morgan fingerprint density at radius 3 is 2.56 bits per heavy atom. The minimum Gasteiger partial charge on any atom is -0.496 e. The molecule has 142 valence electrons. The van der Waals surface area contributed by atoms with Gasteiger partial charge in [0.05, 0.1) is 19.3 Å². The van der Waals surface area contributed by atoms with Crippen molar-refractivity contribution < 1.29 is 23.8 Å². The third kappa shape index (κ3) is 4.55. The second-order valence-electron chi connectivity index (χ2n) is 6.50. The van der Waals surface area contributed by atoms with Crippen molar-refractivity contribution in [3.05, 3.63) is 64.2 Å². The molecule has 0 bridgehead atoms. The second-order valence-corrected chi connectivity index (χ2v) is 6.50. The van der Waals surface area contributed by atoms with Crippen LogP contribution in [0.15, 0.2) is 36.4 Å². The monoisotopic (exact) mass is 368 g/mol. The molecule has 1 aliphatic rings. The molecule has 0 saturated carbocycles. The van der Waals surface area contributed by atoms with Crippen LogP contribution in [0.25, 0.3) is 0 Å². The van der Waals surface area contributed by atoms with Gasteiger partial charge in [-0.3, -0.25) is 4.79 Å². The first kappa shape index (κ1) is 19.1. The van der Waals surface area contributed by atoms with E-state index in [1.807, 2.05) is 25.1 Å². The summed E-state index contributed by atoms with van der Waals surface area (Å²) in [5, 5.41) is 0. The number of esters is 1. The van der Waals surface area contributed by atoms with E-state index in [2.05, 4.69) is 0 Å². The summed E-state index contributed by atoms with van der Waals surface area (Å²) in [7, 11) is 1.57. The van der Waals surface area contributed by atoms with E-state index < -0.39 is 5.97 Å². The van der Waals surface area contributed by atoms with E-state index in [1.165, 1.54) is 11.1 Å². The molecule has 3 rings (SSSR count). The molecule has 0 unspecified atom stereocenters. The Hall–Kier alpha value is -2.66. The van der Waals surface area contributed by atoms with Crippen LogP contribution in [0.3, 0.4) is 0 Å². The first-order valence-electron chi connectivity index (χ1n) is 9.19. The molecule has 5 heteroatoms. The number of ether oxygens (including phenoxy) is 3. The number of hydrogen-bond acceptors (Lipinski definition) is 5. The molecule has 5 nitrogen and oxygen atoms in total. The molecule has 0 atom stereocenters. The van der Waals surface area contributed by atoms with Gasteiger partial charge in [-0.05, 0) is 61.6 Å². The normalized spacial score (nSPS) is 12.5. The van der Waals surface area contributed by atoms with Gasteiger partial charge in [-0.1, -0.05) is 12.1 Å². The Morgan fingerprint density at radius 1 is 1.00 bits per heavy atom. The quantitative estimate of drug-likeness (QED) is 0.524. The number of methoxy groups -OCH3 is 1. The van der Waals surface area contributed by atoms with Crippen LogP contribution in [-0.4, -0.2) is 32.1 Å². The SMILES string of the molecule is CCOCc1cc(C(=O)OCC(=O)c2ccc3c(c2)CCC3)ccc1OC. The molecule has 0 amide bonds. The maximum absolute atomic E-state index is 12.4. The van der Waals surface area contributed by atoms with Crippen LogP contribution in [0.5, 0.6) is 5.75 Å². The van der Waals surface area contributed by atoms with Gasteiger partial charge < -0.3 is 14.2 Å². The number of fused-ring (bicyclic) bond motifs is 1. The molecule has 2 aromatic rings. The van der Waals surface area contributed by atoms with E-state index in [1.54, 1.807) is 25.3 Å². The maximum atomic E-state index is 12.4. The number of rotatable bonds is 8. The van der Waals surface area contributed by atoms with E-state index in [9.17, 15) is 9.59 Å². The number of carbonyl (C=O) groups is 2. The van der Waals surface area contributed by atoms with Crippen molar-refractivity contribution >= 4 is 11.8 Å². The fourth-order valence-corrected chi connectivity index (χ4v) is 3.27. The van der Waals surface area contributed by atoms with Crippen molar-refractivity contribution in [1.29, 1.82) is 0 Å². The summed E-state index contributed by atoms with van der Waals surface area (Å²) in [5.74, 6) is -0.0831. The third-order valence-corrected chi connectivity index (χ3v) is 4.73. The van der Waals surface area contributed by atoms with Crippen LogP contribution >= 0.6 is 0 Å². The lowest BCUT2D eigenvalue weighted by Gasteiger charge is -2.11. The fraction of sp³-hybridized carbons (Fsp3) is 0.364. The summed E-state index contributed by atoms with van der Waals surface area (Å²) < 4.78 is 15.9. The number of hydrogen-bond donors (Lipinski definition) is 0. The molecule has 0 saturated heterocycles. The number of carbonyl (C=O) groups excluding carboxylic acids is 2. The van der Waals surface area contributed by atoms with Crippen LogP contribution in [0, 0.1) is 0 Å². The topological polar surface area (TPSA) is 61.8 Å². The van der Waals surface area contributed by atoms with E-state index >= 15 is 0 Å². The van der Waals surface area contributed by atoms with E-state index in [-0.39, 0.29) is 12.4 Å². The molecule has 27 heavy (non-hydrogen) atoms. The molecule has 0 N–H and O–H groups in total.